The van der Waals surface area contributed by atoms with E-state index in [1.807, 2.05) is 24.3 Å². The van der Waals surface area contributed by atoms with E-state index in [4.69, 9.17) is 5.73 Å². The third kappa shape index (κ3) is 4.63. The van der Waals surface area contributed by atoms with Crippen molar-refractivity contribution in [3.8, 4) is 0 Å². The summed E-state index contributed by atoms with van der Waals surface area (Å²) in [5, 5.41) is 3.75. The zero-order valence-electron chi connectivity index (χ0n) is 16.9. The van der Waals surface area contributed by atoms with Crippen molar-refractivity contribution in [1.29, 1.82) is 0 Å². The summed E-state index contributed by atoms with van der Waals surface area (Å²) in [7, 11) is 0. The van der Waals surface area contributed by atoms with E-state index in [2.05, 4.69) is 19.9 Å². The lowest BCUT2D eigenvalue weighted by molar-refractivity contribution is -0.121. The molecule has 0 spiro atoms. The van der Waals surface area contributed by atoms with Gasteiger partial charge in [-0.05, 0) is 36.6 Å². The highest BCUT2D eigenvalue weighted by Crippen LogP contribution is 2.27. The summed E-state index contributed by atoms with van der Waals surface area (Å²) in [6.45, 7) is 0.944. The molecule has 0 saturated carbocycles. The highest BCUT2D eigenvalue weighted by molar-refractivity contribution is 6.06. The van der Waals surface area contributed by atoms with Gasteiger partial charge in [-0.2, -0.15) is 0 Å². The van der Waals surface area contributed by atoms with Crippen LogP contribution in [0.25, 0.3) is 21.9 Å². The summed E-state index contributed by atoms with van der Waals surface area (Å²) in [5.41, 5.74) is 9.11. The third-order valence-corrected chi connectivity index (χ3v) is 5.26. The summed E-state index contributed by atoms with van der Waals surface area (Å²) in [5.74, 6) is -1.50. The molecule has 4 rings (SSSR count). The van der Waals surface area contributed by atoms with Gasteiger partial charge in [0.25, 0.3) is 0 Å². The number of nitrogens with zero attached hydrogens (tertiary/aromatic N) is 3. The van der Waals surface area contributed by atoms with Gasteiger partial charge in [0.15, 0.2) is 17.5 Å². The van der Waals surface area contributed by atoms with Crippen molar-refractivity contribution in [2.45, 2.75) is 38.8 Å². The number of hydrogen-bond acceptors (Lipinski definition) is 4. The van der Waals surface area contributed by atoms with Crippen LogP contribution in [0.1, 0.15) is 31.2 Å². The van der Waals surface area contributed by atoms with E-state index in [-0.39, 0.29) is 12.5 Å². The highest BCUT2D eigenvalue weighted by atomic mass is 19.2. The van der Waals surface area contributed by atoms with Crippen LogP contribution in [0.4, 0.5) is 14.6 Å². The summed E-state index contributed by atoms with van der Waals surface area (Å²) in [6, 6.07) is 11.5. The molecule has 1 amide bonds. The van der Waals surface area contributed by atoms with Crippen LogP contribution in [0.2, 0.25) is 0 Å². The number of hydrogen-bond donors (Lipinski definition) is 2. The number of carbonyl (C=O) groups is 1. The molecule has 3 N–H and O–H groups in total. The maximum Gasteiger partial charge on any atom is 0.220 e. The number of unbranched alkanes of at least 4 members (excludes halogenated alkanes) is 2. The molecule has 0 aliphatic heterocycles. The van der Waals surface area contributed by atoms with Gasteiger partial charge in [-0.15, -0.1) is 0 Å². The Kier molecular flexibility index (Phi) is 6.06. The zero-order chi connectivity index (χ0) is 21.8. The number of para-hydroxylation sites is 1. The van der Waals surface area contributed by atoms with E-state index in [0.717, 1.165) is 54.4 Å². The first-order valence-electron chi connectivity index (χ1n) is 10.2. The minimum Gasteiger partial charge on any atom is -0.382 e. The highest BCUT2D eigenvalue weighted by Gasteiger charge is 2.12. The number of benzene rings is 2. The molecule has 0 saturated heterocycles. The standard InChI is InChI=1S/C23H23F2N5O/c24-17-10-9-15(12-18(17)25)13-27-20(31)8-2-1-5-11-30-14-28-21-22(30)16-6-3-4-7-19(16)29-23(21)26/h3-4,6-7,9-10,12,14H,1-2,5,8,11,13H2,(H2,26,29)(H,27,31). The monoisotopic (exact) mass is 423 g/mol. The number of aryl methyl sites for hydroxylation is 1. The predicted octanol–water partition coefficient (Wildman–Crippen LogP) is 4.32. The lowest BCUT2D eigenvalue weighted by Gasteiger charge is -2.08. The number of anilines is 1. The molecule has 31 heavy (non-hydrogen) atoms. The fraction of sp³-hybridized carbons (Fsp3) is 0.261. The van der Waals surface area contributed by atoms with Crippen LogP contribution in [0, 0.1) is 11.6 Å². The van der Waals surface area contributed by atoms with Gasteiger partial charge in [-0.1, -0.05) is 30.7 Å². The lowest BCUT2D eigenvalue weighted by Crippen LogP contribution is -2.22. The average Bonchev–Trinajstić information content (AvgIpc) is 3.19. The molecular weight excluding hydrogens is 400 g/mol. The Labute approximate surface area is 178 Å². The molecule has 0 aliphatic carbocycles. The van der Waals surface area contributed by atoms with Crippen LogP contribution in [-0.4, -0.2) is 20.4 Å². The Morgan fingerprint density at radius 2 is 1.90 bits per heavy atom. The molecule has 0 unspecified atom stereocenters. The van der Waals surface area contributed by atoms with E-state index in [0.29, 0.717) is 23.3 Å². The number of imidazole rings is 1. The maximum atomic E-state index is 13.2. The van der Waals surface area contributed by atoms with E-state index < -0.39 is 11.6 Å². The molecule has 2 aromatic carbocycles. The Hall–Kier alpha value is -3.55. The van der Waals surface area contributed by atoms with Crippen molar-refractivity contribution in [2.24, 2.45) is 0 Å². The molecule has 6 nitrogen and oxygen atoms in total. The van der Waals surface area contributed by atoms with E-state index in [1.165, 1.54) is 6.07 Å². The molecule has 0 bridgehead atoms. The van der Waals surface area contributed by atoms with Crippen LogP contribution in [0.15, 0.2) is 48.8 Å². The van der Waals surface area contributed by atoms with Crippen LogP contribution in [-0.2, 0) is 17.9 Å². The van der Waals surface area contributed by atoms with E-state index >= 15 is 0 Å². The van der Waals surface area contributed by atoms with Crippen molar-refractivity contribution >= 4 is 33.7 Å². The predicted molar refractivity (Wildman–Crippen MR) is 116 cm³/mol. The minimum atomic E-state index is -0.913. The Bertz CT molecular complexity index is 1240. The summed E-state index contributed by atoms with van der Waals surface area (Å²) in [4.78, 5) is 20.8. The first kappa shape index (κ1) is 20.7. The minimum absolute atomic E-state index is 0.109. The number of halogens is 2. The fourth-order valence-electron chi connectivity index (χ4n) is 3.66. The molecule has 0 fully saturated rings. The molecule has 8 heteroatoms. The van der Waals surface area contributed by atoms with E-state index in [9.17, 15) is 13.6 Å². The van der Waals surface area contributed by atoms with E-state index in [1.54, 1.807) is 6.33 Å². The summed E-state index contributed by atoms with van der Waals surface area (Å²) >= 11 is 0. The first-order chi connectivity index (χ1) is 15.0. The smallest absolute Gasteiger partial charge is 0.220 e. The van der Waals surface area contributed by atoms with Crippen molar-refractivity contribution in [1.82, 2.24) is 19.9 Å². The number of fused-ring (bicyclic) bond motifs is 3. The number of aromatic nitrogens is 3. The Balaban J connectivity index is 1.27. The van der Waals surface area contributed by atoms with Crippen LogP contribution in [0.5, 0.6) is 0 Å². The van der Waals surface area contributed by atoms with Gasteiger partial charge in [0.2, 0.25) is 5.91 Å². The largest absolute Gasteiger partial charge is 0.382 e. The van der Waals surface area contributed by atoms with Crippen molar-refractivity contribution in [2.75, 3.05) is 5.73 Å². The Morgan fingerprint density at radius 1 is 1.06 bits per heavy atom. The van der Waals surface area contributed by atoms with Gasteiger partial charge in [-0.3, -0.25) is 4.79 Å². The molecule has 0 radical (unpaired) electrons. The van der Waals surface area contributed by atoms with Crippen LogP contribution >= 0.6 is 0 Å². The molecule has 160 valence electrons. The van der Waals surface area contributed by atoms with Gasteiger partial charge in [-0.25, -0.2) is 18.7 Å². The molecule has 0 aliphatic rings. The number of nitrogens with one attached hydrogen (secondary N) is 1. The quantitative estimate of drug-likeness (QED) is 0.413. The van der Waals surface area contributed by atoms with Gasteiger partial charge >= 0.3 is 0 Å². The number of amides is 1. The number of nitrogens with two attached hydrogens (primary N) is 1. The Morgan fingerprint density at radius 3 is 2.74 bits per heavy atom. The second kappa shape index (κ2) is 9.07. The van der Waals surface area contributed by atoms with Crippen molar-refractivity contribution in [3.05, 3.63) is 66.0 Å². The molecule has 0 atom stereocenters. The normalized spacial score (nSPS) is 11.3. The number of carbonyl (C=O) groups excluding carboxylic acids is 1. The topological polar surface area (TPSA) is 85.8 Å². The molecular formula is C23H23F2N5O. The van der Waals surface area contributed by atoms with Crippen LogP contribution in [0.3, 0.4) is 0 Å². The average molecular weight is 423 g/mol. The lowest BCUT2D eigenvalue weighted by atomic mass is 10.1. The number of nitrogen functional groups attached to an aromatic ring is 1. The molecule has 2 aromatic heterocycles. The third-order valence-electron chi connectivity index (χ3n) is 5.26. The molecule has 2 heterocycles. The van der Waals surface area contributed by atoms with Gasteiger partial charge < -0.3 is 15.6 Å². The van der Waals surface area contributed by atoms with Crippen molar-refractivity contribution < 1.29 is 13.6 Å². The van der Waals surface area contributed by atoms with Crippen molar-refractivity contribution in [3.63, 3.8) is 0 Å². The summed E-state index contributed by atoms with van der Waals surface area (Å²) < 4.78 is 28.2. The van der Waals surface area contributed by atoms with Crippen LogP contribution < -0.4 is 11.1 Å². The SMILES string of the molecule is Nc1nc2ccccc2c2c1ncn2CCCCCC(=O)NCc1ccc(F)c(F)c1. The first-order valence-corrected chi connectivity index (χ1v) is 10.2. The van der Waals surface area contributed by atoms with Gasteiger partial charge in [0, 0.05) is 24.9 Å². The summed E-state index contributed by atoms with van der Waals surface area (Å²) in [6.07, 6.45) is 4.66. The number of pyridine rings is 1. The fourth-order valence-corrected chi connectivity index (χ4v) is 3.66. The number of rotatable bonds is 8. The van der Waals surface area contributed by atoms with Gasteiger partial charge in [0.05, 0.1) is 17.4 Å². The second-order valence-corrected chi connectivity index (χ2v) is 7.49. The maximum absolute atomic E-state index is 13.2. The van der Waals surface area contributed by atoms with Gasteiger partial charge in [0.1, 0.15) is 5.52 Å². The second-order valence-electron chi connectivity index (χ2n) is 7.49. The molecule has 4 aromatic rings. The zero-order valence-corrected chi connectivity index (χ0v) is 16.9.